The van der Waals surface area contributed by atoms with Crippen molar-refractivity contribution in [1.29, 1.82) is 0 Å². The Balaban J connectivity index is 2.38. The molecule has 0 N–H and O–H groups in total. The van der Waals surface area contributed by atoms with Gasteiger partial charge < -0.3 is 18.9 Å². The van der Waals surface area contributed by atoms with Crippen LogP contribution in [0.1, 0.15) is 17.3 Å². The second-order valence-electron chi connectivity index (χ2n) is 6.00. The van der Waals surface area contributed by atoms with E-state index < -0.39 is 11.9 Å². The minimum atomic E-state index is -0.538. The van der Waals surface area contributed by atoms with Crippen LogP contribution in [0, 0.1) is 0 Å². The van der Waals surface area contributed by atoms with E-state index in [1.54, 1.807) is 26.4 Å². The Hall–Kier alpha value is -3.54. The summed E-state index contributed by atoms with van der Waals surface area (Å²) in [6, 6.07) is 14.3. The summed E-state index contributed by atoms with van der Waals surface area (Å²) in [5, 5.41) is 1.45. The minimum Gasteiger partial charge on any atom is -0.493 e. The fourth-order valence-electron chi connectivity index (χ4n) is 3.16. The number of esters is 2. The second kappa shape index (κ2) is 8.00. The minimum absolute atomic E-state index is 0.282. The molecule has 0 amide bonds. The highest BCUT2D eigenvalue weighted by molar-refractivity contribution is 6.10. The summed E-state index contributed by atoms with van der Waals surface area (Å²) in [5.74, 6) is 0.396. The van der Waals surface area contributed by atoms with Gasteiger partial charge in [-0.15, -0.1) is 0 Å². The highest BCUT2D eigenvalue weighted by Crippen LogP contribution is 2.41. The van der Waals surface area contributed by atoms with E-state index in [1.807, 2.05) is 30.3 Å². The van der Waals surface area contributed by atoms with Crippen LogP contribution in [0.15, 0.2) is 48.5 Å². The standard InChI is InChI=1S/C22H20O6/c1-13(23)28-19-12-17(22(24)27-4)21(16-8-6-5-7-15(16)19)14-9-10-18(25-2)20(11-14)26-3/h5-12H,1-4H3. The third kappa shape index (κ3) is 3.49. The van der Waals surface area contributed by atoms with Crippen LogP contribution in [0.2, 0.25) is 0 Å². The maximum atomic E-state index is 12.5. The molecule has 144 valence electrons. The molecular weight excluding hydrogens is 360 g/mol. The van der Waals surface area contributed by atoms with Crippen molar-refractivity contribution in [2.24, 2.45) is 0 Å². The molecular formula is C22H20O6. The summed E-state index contributed by atoms with van der Waals surface area (Å²) >= 11 is 0. The average molecular weight is 380 g/mol. The van der Waals surface area contributed by atoms with Crippen LogP contribution in [-0.2, 0) is 9.53 Å². The van der Waals surface area contributed by atoms with Crippen molar-refractivity contribution in [2.45, 2.75) is 6.92 Å². The predicted molar refractivity (Wildman–Crippen MR) is 105 cm³/mol. The lowest BCUT2D eigenvalue weighted by molar-refractivity contribution is -0.131. The molecule has 0 saturated heterocycles. The number of carbonyl (C=O) groups is 2. The topological polar surface area (TPSA) is 71.1 Å². The van der Waals surface area contributed by atoms with Gasteiger partial charge in [-0.2, -0.15) is 0 Å². The molecule has 0 aromatic heterocycles. The van der Waals surface area contributed by atoms with Crippen LogP contribution in [-0.4, -0.2) is 33.3 Å². The van der Waals surface area contributed by atoms with E-state index in [9.17, 15) is 9.59 Å². The van der Waals surface area contributed by atoms with Crippen LogP contribution in [0.25, 0.3) is 21.9 Å². The van der Waals surface area contributed by atoms with Gasteiger partial charge in [-0.1, -0.05) is 30.3 Å². The first-order chi connectivity index (χ1) is 13.5. The lowest BCUT2D eigenvalue weighted by Crippen LogP contribution is -2.08. The van der Waals surface area contributed by atoms with Gasteiger partial charge in [0.15, 0.2) is 11.5 Å². The van der Waals surface area contributed by atoms with Crippen LogP contribution >= 0.6 is 0 Å². The number of ether oxygens (including phenoxy) is 4. The zero-order valence-corrected chi connectivity index (χ0v) is 16.1. The van der Waals surface area contributed by atoms with Crippen molar-refractivity contribution < 1.29 is 28.5 Å². The molecule has 6 heteroatoms. The SMILES string of the molecule is COC(=O)c1cc(OC(C)=O)c2ccccc2c1-c1ccc(OC)c(OC)c1. The summed E-state index contributed by atoms with van der Waals surface area (Å²) in [4.78, 5) is 24.1. The van der Waals surface area contributed by atoms with E-state index in [0.29, 0.717) is 28.2 Å². The number of rotatable bonds is 5. The lowest BCUT2D eigenvalue weighted by Gasteiger charge is -2.17. The van der Waals surface area contributed by atoms with Crippen molar-refractivity contribution in [3.63, 3.8) is 0 Å². The van der Waals surface area contributed by atoms with Crippen molar-refractivity contribution in [3.8, 4) is 28.4 Å². The van der Waals surface area contributed by atoms with Gasteiger partial charge in [0.1, 0.15) is 5.75 Å². The van der Waals surface area contributed by atoms with Crippen LogP contribution < -0.4 is 14.2 Å². The van der Waals surface area contributed by atoms with Crippen molar-refractivity contribution in [2.75, 3.05) is 21.3 Å². The smallest absolute Gasteiger partial charge is 0.338 e. The average Bonchev–Trinajstić information content (AvgIpc) is 2.72. The maximum absolute atomic E-state index is 12.5. The zero-order valence-electron chi connectivity index (χ0n) is 16.1. The van der Waals surface area contributed by atoms with Crippen molar-refractivity contribution in [3.05, 3.63) is 54.1 Å². The lowest BCUT2D eigenvalue weighted by atomic mass is 9.92. The normalized spacial score (nSPS) is 10.4. The van der Waals surface area contributed by atoms with E-state index in [4.69, 9.17) is 18.9 Å². The van der Waals surface area contributed by atoms with E-state index in [2.05, 4.69) is 0 Å². The molecule has 0 unspecified atom stereocenters. The molecule has 3 aromatic rings. The molecule has 0 aliphatic rings. The maximum Gasteiger partial charge on any atom is 0.338 e. The largest absolute Gasteiger partial charge is 0.493 e. The van der Waals surface area contributed by atoms with E-state index in [1.165, 1.54) is 20.1 Å². The quantitative estimate of drug-likeness (QED) is 0.487. The Labute approximate surface area is 162 Å². The third-order valence-electron chi connectivity index (χ3n) is 4.34. The van der Waals surface area contributed by atoms with E-state index in [-0.39, 0.29) is 5.56 Å². The molecule has 28 heavy (non-hydrogen) atoms. The molecule has 6 nitrogen and oxygen atoms in total. The molecule has 0 atom stereocenters. The number of carbonyl (C=O) groups excluding carboxylic acids is 2. The summed E-state index contributed by atoms with van der Waals surface area (Å²) in [7, 11) is 4.41. The molecule has 3 rings (SSSR count). The van der Waals surface area contributed by atoms with E-state index >= 15 is 0 Å². The monoisotopic (exact) mass is 380 g/mol. The first kappa shape index (κ1) is 19.2. The first-order valence-corrected chi connectivity index (χ1v) is 8.55. The van der Waals surface area contributed by atoms with Crippen molar-refractivity contribution >= 4 is 22.7 Å². The summed E-state index contributed by atoms with van der Waals surface area (Å²) in [5.41, 5.74) is 1.67. The fraction of sp³-hybridized carbons (Fsp3) is 0.182. The summed E-state index contributed by atoms with van der Waals surface area (Å²) in [6.45, 7) is 1.31. The number of benzene rings is 3. The number of hydrogen-bond acceptors (Lipinski definition) is 6. The van der Waals surface area contributed by atoms with Gasteiger partial charge in [-0.3, -0.25) is 4.79 Å². The van der Waals surface area contributed by atoms with E-state index in [0.717, 1.165) is 10.9 Å². The van der Waals surface area contributed by atoms with Crippen LogP contribution in [0.4, 0.5) is 0 Å². The predicted octanol–water partition coefficient (Wildman–Crippen LogP) is 4.24. The van der Waals surface area contributed by atoms with Gasteiger partial charge in [0.25, 0.3) is 0 Å². The van der Waals surface area contributed by atoms with Gasteiger partial charge in [0, 0.05) is 17.9 Å². The Kier molecular flexibility index (Phi) is 5.49. The molecule has 0 aliphatic heterocycles. The number of methoxy groups -OCH3 is 3. The Morgan fingerprint density at radius 1 is 0.786 bits per heavy atom. The summed E-state index contributed by atoms with van der Waals surface area (Å²) < 4.78 is 21.0. The number of fused-ring (bicyclic) bond motifs is 1. The highest BCUT2D eigenvalue weighted by atomic mass is 16.5. The second-order valence-corrected chi connectivity index (χ2v) is 6.00. The van der Waals surface area contributed by atoms with Gasteiger partial charge in [-0.05, 0) is 29.1 Å². The molecule has 0 aliphatic carbocycles. The number of hydrogen-bond donors (Lipinski definition) is 0. The third-order valence-corrected chi connectivity index (χ3v) is 4.34. The van der Waals surface area contributed by atoms with Gasteiger partial charge in [0.05, 0.1) is 26.9 Å². The highest BCUT2D eigenvalue weighted by Gasteiger charge is 2.21. The van der Waals surface area contributed by atoms with Crippen LogP contribution in [0.3, 0.4) is 0 Å². The van der Waals surface area contributed by atoms with Gasteiger partial charge >= 0.3 is 11.9 Å². The molecule has 0 saturated carbocycles. The molecule has 0 radical (unpaired) electrons. The van der Waals surface area contributed by atoms with Gasteiger partial charge in [-0.25, -0.2) is 4.79 Å². The molecule has 0 fully saturated rings. The first-order valence-electron chi connectivity index (χ1n) is 8.55. The summed E-state index contributed by atoms with van der Waals surface area (Å²) in [6.07, 6.45) is 0. The molecule has 0 spiro atoms. The molecule has 3 aromatic carbocycles. The Morgan fingerprint density at radius 2 is 1.46 bits per heavy atom. The van der Waals surface area contributed by atoms with Crippen molar-refractivity contribution in [1.82, 2.24) is 0 Å². The molecule has 0 heterocycles. The Bertz CT molecular complexity index is 1050. The Morgan fingerprint density at radius 3 is 2.07 bits per heavy atom. The van der Waals surface area contributed by atoms with Crippen LogP contribution in [0.5, 0.6) is 17.2 Å². The zero-order chi connectivity index (χ0) is 20.3. The molecule has 0 bridgehead atoms. The fourth-order valence-corrected chi connectivity index (χ4v) is 3.16. The van der Waals surface area contributed by atoms with Gasteiger partial charge in [0.2, 0.25) is 0 Å².